The Morgan fingerprint density at radius 3 is 2.36 bits per heavy atom. The molecule has 1 N–H and O–H groups in total. The molecule has 1 heterocycles. The van der Waals surface area contributed by atoms with Crippen LogP contribution < -0.4 is 10.2 Å². The molecular weight excluding hydrogens is 278 g/mol. The summed E-state index contributed by atoms with van der Waals surface area (Å²) in [7, 11) is 1.69. The maximum absolute atomic E-state index is 12.5. The average Bonchev–Trinajstić information content (AvgIpc) is 2.54. The molecule has 0 spiro atoms. The normalized spacial score (nSPS) is 10.4. The molecule has 0 aliphatic heterocycles. The number of para-hydroxylation sites is 1. The van der Waals surface area contributed by atoms with Gasteiger partial charge in [0.05, 0.1) is 11.1 Å². The third-order valence-electron chi connectivity index (χ3n) is 3.12. The van der Waals surface area contributed by atoms with E-state index in [1.54, 1.807) is 13.1 Å². The van der Waals surface area contributed by atoms with Crippen molar-refractivity contribution in [2.75, 3.05) is 11.9 Å². The molecular formula is C17H19N3O2. The minimum absolute atomic E-state index is 0.0267. The number of anilines is 1. The number of carbonyl (C=O) groups excluding carboxylic acids is 2. The fourth-order valence-electron chi connectivity index (χ4n) is 1.99. The molecule has 22 heavy (non-hydrogen) atoms. The second kappa shape index (κ2) is 6.85. The van der Waals surface area contributed by atoms with Crippen LogP contribution in [0, 0.1) is 0 Å². The second-order valence-corrected chi connectivity index (χ2v) is 5.29. The number of aromatic nitrogens is 1. The Balaban J connectivity index is 2.22. The van der Waals surface area contributed by atoms with Gasteiger partial charge in [-0.1, -0.05) is 18.2 Å². The molecule has 0 radical (unpaired) electrons. The number of nitrogens with one attached hydrogen (secondary N) is 1. The fourth-order valence-corrected chi connectivity index (χ4v) is 1.99. The molecule has 1 aromatic carbocycles. The number of pyridine rings is 1. The highest BCUT2D eigenvalue weighted by molar-refractivity contribution is 6.07. The van der Waals surface area contributed by atoms with E-state index in [-0.39, 0.29) is 17.9 Å². The van der Waals surface area contributed by atoms with E-state index in [9.17, 15) is 9.59 Å². The first-order valence-electron chi connectivity index (χ1n) is 7.08. The van der Waals surface area contributed by atoms with Crippen molar-refractivity contribution in [2.45, 2.75) is 19.9 Å². The van der Waals surface area contributed by atoms with E-state index < -0.39 is 0 Å². The van der Waals surface area contributed by atoms with Crippen LogP contribution in [0.5, 0.6) is 0 Å². The summed E-state index contributed by atoms with van der Waals surface area (Å²) < 4.78 is 0. The summed E-state index contributed by atoms with van der Waals surface area (Å²) in [5.74, 6) is -0.447. The van der Waals surface area contributed by atoms with E-state index in [4.69, 9.17) is 0 Å². The van der Waals surface area contributed by atoms with Crippen LogP contribution in [-0.2, 0) is 0 Å². The lowest BCUT2D eigenvalue weighted by molar-refractivity contribution is 0.0942. The Morgan fingerprint density at radius 1 is 1.09 bits per heavy atom. The standard InChI is InChI=1S/C17H19N3O2/c1-12(2)19-16(21)13-9-14(11-18-10-13)17(22)20(3)15-7-5-4-6-8-15/h4-12H,1-3H3,(H,19,21). The molecule has 0 saturated heterocycles. The van der Waals surface area contributed by atoms with Gasteiger partial charge in [-0.15, -0.1) is 0 Å². The largest absolute Gasteiger partial charge is 0.350 e. The predicted octanol–water partition coefficient (Wildman–Crippen LogP) is 2.50. The first-order chi connectivity index (χ1) is 10.5. The molecule has 2 aromatic rings. The van der Waals surface area contributed by atoms with Crippen LogP contribution >= 0.6 is 0 Å². The Labute approximate surface area is 130 Å². The van der Waals surface area contributed by atoms with E-state index in [1.807, 2.05) is 44.2 Å². The molecule has 2 rings (SSSR count). The maximum atomic E-state index is 12.5. The summed E-state index contributed by atoms with van der Waals surface area (Å²) in [6.07, 6.45) is 2.92. The van der Waals surface area contributed by atoms with Gasteiger partial charge >= 0.3 is 0 Å². The third kappa shape index (κ3) is 3.69. The number of benzene rings is 1. The summed E-state index contributed by atoms with van der Waals surface area (Å²) in [4.78, 5) is 30.0. The number of nitrogens with zero attached hydrogens (tertiary/aromatic N) is 2. The highest BCUT2D eigenvalue weighted by atomic mass is 16.2. The van der Waals surface area contributed by atoms with Crippen molar-refractivity contribution in [3.63, 3.8) is 0 Å². The van der Waals surface area contributed by atoms with E-state index in [0.29, 0.717) is 11.1 Å². The number of amides is 2. The summed E-state index contributed by atoms with van der Waals surface area (Å²) in [6, 6.07) is 10.9. The smallest absolute Gasteiger partial charge is 0.259 e. The topological polar surface area (TPSA) is 62.3 Å². The van der Waals surface area contributed by atoms with Crippen LogP contribution in [0.1, 0.15) is 34.6 Å². The maximum Gasteiger partial charge on any atom is 0.259 e. The minimum Gasteiger partial charge on any atom is -0.350 e. The Morgan fingerprint density at radius 2 is 1.73 bits per heavy atom. The predicted molar refractivity (Wildman–Crippen MR) is 86.0 cm³/mol. The molecule has 0 atom stereocenters. The third-order valence-corrected chi connectivity index (χ3v) is 3.12. The summed E-state index contributed by atoms with van der Waals surface area (Å²) in [5.41, 5.74) is 1.54. The van der Waals surface area contributed by atoms with E-state index in [1.165, 1.54) is 17.3 Å². The molecule has 2 amide bonds. The van der Waals surface area contributed by atoms with Crippen molar-refractivity contribution >= 4 is 17.5 Å². The average molecular weight is 297 g/mol. The summed E-state index contributed by atoms with van der Waals surface area (Å²) >= 11 is 0. The van der Waals surface area contributed by atoms with Gasteiger partial charge in [0.1, 0.15) is 0 Å². The highest BCUT2D eigenvalue weighted by Crippen LogP contribution is 2.15. The van der Waals surface area contributed by atoms with Gasteiger partial charge in [0.2, 0.25) is 0 Å². The number of hydrogen-bond donors (Lipinski definition) is 1. The number of rotatable bonds is 4. The molecule has 0 bridgehead atoms. The first-order valence-corrected chi connectivity index (χ1v) is 7.08. The minimum atomic E-state index is -0.237. The zero-order chi connectivity index (χ0) is 16.1. The lowest BCUT2D eigenvalue weighted by Gasteiger charge is -2.17. The van der Waals surface area contributed by atoms with Gasteiger partial charge in [0, 0.05) is 31.2 Å². The van der Waals surface area contributed by atoms with Crippen LogP contribution in [0.4, 0.5) is 5.69 Å². The van der Waals surface area contributed by atoms with Crippen molar-refractivity contribution in [3.8, 4) is 0 Å². The monoisotopic (exact) mass is 297 g/mol. The van der Waals surface area contributed by atoms with Gasteiger partial charge in [-0.2, -0.15) is 0 Å². The van der Waals surface area contributed by atoms with Gasteiger partial charge in [-0.3, -0.25) is 14.6 Å². The summed E-state index contributed by atoms with van der Waals surface area (Å²) in [5, 5.41) is 2.78. The van der Waals surface area contributed by atoms with E-state index in [0.717, 1.165) is 5.69 Å². The molecule has 5 heteroatoms. The van der Waals surface area contributed by atoms with Gasteiger partial charge in [0.25, 0.3) is 11.8 Å². The highest BCUT2D eigenvalue weighted by Gasteiger charge is 2.16. The van der Waals surface area contributed by atoms with E-state index >= 15 is 0 Å². The van der Waals surface area contributed by atoms with Crippen molar-refractivity contribution in [1.82, 2.24) is 10.3 Å². The van der Waals surface area contributed by atoms with Crippen LogP contribution in [0.2, 0.25) is 0 Å². The second-order valence-electron chi connectivity index (χ2n) is 5.29. The lowest BCUT2D eigenvalue weighted by Crippen LogP contribution is -2.31. The van der Waals surface area contributed by atoms with E-state index in [2.05, 4.69) is 10.3 Å². The fraction of sp³-hybridized carbons (Fsp3) is 0.235. The first kappa shape index (κ1) is 15.7. The zero-order valence-electron chi connectivity index (χ0n) is 12.9. The number of hydrogen-bond acceptors (Lipinski definition) is 3. The Bertz CT molecular complexity index is 669. The molecule has 0 aliphatic rings. The molecule has 0 aliphatic carbocycles. The quantitative estimate of drug-likeness (QED) is 0.943. The van der Waals surface area contributed by atoms with Crippen LogP contribution in [-0.4, -0.2) is 29.9 Å². The Kier molecular flexibility index (Phi) is 4.88. The Hall–Kier alpha value is -2.69. The van der Waals surface area contributed by atoms with Crippen LogP contribution in [0.15, 0.2) is 48.8 Å². The molecule has 5 nitrogen and oxygen atoms in total. The van der Waals surface area contributed by atoms with Gasteiger partial charge < -0.3 is 10.2 Å². The van der Waals surface area contributed by atoms with Crippen molar-refractivity contribution in [1.29, 1.82) is 0 Å². The molecule has 0 unspecified atom stereocenters. The zero-order valence-corrected chi connectivity index (χ0v) is 12.9. The SMILES string of the molecule is CC(C)NC(=O)c1cncc(C(=O)N(C)c2ccccc2)c1. The molecule has 0 fully saturated rings. The number of carbonyl (C=O) groups is 2. The van der Waals surface area contributed by atoms with Crippen molar-refractivity contribution in [3.05, 3.63) is 59.9 Å². The van der Waals surface area contributed by atoms with Crippen molar-refractivity contribution in [2.24, 2.45) is 0 Å². The lowest BCUT2D eigenvalue weighted by atomic mass is 10.1. The van der Waals surface area contributed by atoms with Gasteiger partial charge in [-0.05, 0) is 32.0 Å². The molecule has 1 aromatic heterocycles. The molecule has 114 valence electrons. The molecule has 0 saturated carbocycles. The van der Waals surface area contributed by atoms with Crippen LogP contribution in [0.3, 0.4) is 0 Å². The van der Waals surface area contributed by atoms with Gasteiger partial charge in [-0.25, -0.2) is 0 Å². The van der Waals surface area contributed by atoms with Crippen molar-refractivity contribution < 1.29 is 9.59 Å². The van der Waals surface area contributed by atoms with Crippen LogP contribution in [0.25, 0.3) is 0 Å². The summed E-state index contributed by atoms with van der Waals surface area (Å²) in [6.45, 7) is 3.76. The van der Waals surface area contributed by atoms with Gasteiger partial charge in [0.15, 0.2) is 0 Å².